The SMILES string of the molecule is CC(C)(C)N(C(=O)O)C1(C(=O)NC2CCc3cc(F)ccc3N(Cc3cc(C(F)(F)F)cc(C(F)(F)F)c3)C2=O)CC1. The summed E-state index contributed by atoms with van der Waals surface area (Å²) in [4.78, 5) is 41.2. The second-order valence-corrected chi connectivity index (χ2v) is 11.5. The minimum atomic E-state index is -5.11. The third kappa shape index (κ3) is 6.16. The fraction of sp³-hybridized carbons (Fsp3) is 0.464. The molecular formula is C28H28F7N3O4. The minimum absolute atomic E-state index is 0.0292. The molecule has 14 heteroatoms. The largest absolute Gasteiger partial charge is 0.465 e. The minimum Gasteiger partial charge on any atom is -0.465 e. The van der Waals surface area contributed by atoms with E-state index in [1.54, 1.807) is 20.8 Å². The molecule has 1 saturated carbocycles. The van der Waals surface area contributed by atoms with E-state index < -0.39 is 76.4 Å². The highest BCUT2D eigenvalue weighted by Crippen LogP contribution is 2.46. The number of amides is 3. The number of alkyl halides is 6. The van der Waals surface area contributed by atoms with Crippen LogP contribution in [0.4, 0.5) is 41.2 Å². The topological polar surface area (TPSA) is 89.9 Å². The molecule has 1 heterocycles. The molecular weight excluding hydrogens is 575 g/mol. The molecule has 1 fully saturated rings. The first kappa shape index (κ1) is 31.1. The molecule has 1 unspecified atom stereocenters. The van der Waals surface area contributed by atoms with Gasteiger partial charge in [-0.05, 0) is 94.0 Å². The van der Waals surface area contributed by atoms with E-state index in [0.29, 0.717) is 12.1 Å². The van der Waals surface area contributed by atoms with Crippen molar-refractivity contribution in [3.63, 3.8) is 0 Å². The van der Waals surface area contributed by atoms with E-state index in [2.05, 4.69) is 5.32 Å². The number of hydrogen-bond acceptors (Lipinski definition) is 3. The lowest BCUT2D eigenvalue weighted by Gasteiger charge is -2.39. The van der Waals surface area contributed by atoms with Crippen LogP contribution in [0, 0.1) is 5.82 Å². The van der Waals surface area contributed by atoms with Gasteiger partial charge >= 0.3 is 18.4 Å². The van der Waals surface area contributed by atoms with Crippen molar-refractivity contribution < 1.29 is 50.2 Å². The Bertz CT molecular complexity index is 1380. The lowest BCUT2D eigenvalue weighted by molar-refractivity contribution is -0.143. The summed E-state index contributed by atoms with van der Waals surface area (Å²) in [5.41, 5.74) is -5.74. The highest BCUT2D eigenvalue weighted by molar-refractivity contribution is 6.02. The lowest BCUT2D eigenvalue weighted by atomic mass is 10.0. The van der Waals surface area contributed by atoms with Gasteiger partial charge in [0.2, 0.25) is 11.8 Å². The van der Waals surface area contributed by atoms with E-state index in [1.807, 2.05) is 0 Å². The standard InChI is InChI=1S/C28H28F7N3O4/c1-25(2,3)38(24(41)42)26(8-9-26)23(40)36-20-6-4-16-12-19(29)5-7-21(16)37(22(20)39)14-15-10-17(27(30,31)32)13-18(11-15)28(33,34)35/h5,7,10-13,20H,4,6,8-9,14H2,1-3H3,(H,36,40)(H,41,42). The van der Waals surface area contributed by atoms with E-state index in [9.17, 15) is 50.2 Å². The van der Waals surface area contributed by atoms with Crippen LogP contribution in [0.5, 0.6) is 0 Å². The highest BCUT2D eigenvalue weighted by atomic mass is 19.4. The Labute approximate surface area is 236 Å². The fourth-order valence-electron chi connectivity index (χ4n) is 5.41. The molecule has 3 amide bonds. The van der Waals surface area contributed by atoms with Crippen LogP contribution in [0.1, 0.15) is 62.3 Å². The maximum absolute atomic E-state index is 14.1. The Hall–Kier alpha value is -3.84. The molecule has 1 aliphatic heterocycles. The number of halogens is 7. The summed E-state index contributed by atoms with van der Waals surface area (Å²) >= 11 is 0. The number of carbonyl (C=O) groups is 3. The van der Waals surface area contributed by atoms with Crippen molar-refractivity contribution in [2.75, 3.05) is 4.90 Å². The van der Waals surface area contributed by atoms with E-state index in [0.717, 1.165) is 21.9 Å². The third-order valence-corrected chi connectivity index (χ3v) is 7.33. The van der Waals surface area contributed by atoms with E-state index in [4.69, 9.17) is 0 Å². The number of anilines is 1. The molecule has 2 aromatic rings. The average Bonchev–Trinajstić information content (AvgIpc) is 3.64. The summed E-state index contributed by atoms with van der Waals surface area (Å²) in [6.07, 6.45) is -11.3. The third-order valence-electron chi connectivity index (χ3n) is 7.33. The smallest absolute Gasteiger partial charge is 0.416 e. The number of benzene rings is 2. The van der Waals surface area contributed by atoms with Crippen LogP contribution in [0.3, 0.4) is 0 Å². The van der Waals surface area contributed by atoms with Crippen LogP contribution in [0.15, 0.2) is 36.4 Å². The molecule has 0 spiro atoms. The molecule has 4 rings (SSSR count). The van der Waals surface area contributed by atoms with Crippen molar-refractivity contribution >= 4 is 23.6 Å². The van der Waals surface area contributed by atoms with Gasteiger partial charge in [0.05, 0.1) is 17.7 Å². The molecule has 1 aliphatic carbocycles. The summed E-state index contributed by atoms with van der Waals surface area (Å²) in [6.45, 7) is 4.05. The van der Waals surface area contributed by atoms with Gasteiger partial charge in [0.25, 0.3) is 0 Å². The second-order valence-electron chi connectivity index (χ2n) is 11.5. The van der Waals surface area contributed by atoms with Crippen molar-refractivity contribution in [3.05, 3.63) is 64.5 Å². The summed E-state index contributed by atoms with van der Waals surface area (Å²) < 4.78 is 95.0. The van der Waals surface area contributed by atoms with Crippen LogP contribution >= 0.6 is 0 Å². The van der Waals surface area contributed by atoms with Crippen LogP contribution in [-0.2, 0) is 34.9 Å². The van der Waals surface area contributed by atoms with Crippen molar-refractivity contribution in [1.29, 1.82) is 0 Å². The molecule has 2 aliphatic rings. The zero-order valence-corrected chi connectivity index (χ0v) is 22.8. The van der Waals surface area contributed by atoms with Crippen molar-refractivity contribution in [1.82, 2.24) is 10.2 Å². The van der Waals surface area contributed by atoms with Gasteiger partial charge in [0, 0.05) is 11.2 Å². The zero-order valence-electron chi connectivity index (χ0n) is 22.8. The number of nitrogens with zero attached hydrogens (tertiary/aromatic N) is 2. The van der Waals surface area contributed by atoms with Crippen LogP contribution < -0.4 is 10.2 Å². The van der Waals surface area contributed by atoms with Crippen LogP contribution in [-0.4, -0.2) is 45.0 Å². The zero-order chi connectivity index (χ0) is 31.4. The first-order valence-corrected chi connectivity index (χ1v) is 13.0. The summed E-state index contributed by atoms with van der Waals surface area (Å²) in [6, 6.07) is 2.93. The molecule has 2 aromatic carbocycles. The Kier molecular flexibility index (Phi) is 7.75. The van der Waals surface area contributed by atoms with Crippen molar-refractivity contribution in [3.8, 4) is 0 Å². The van der Waals surface area contributed by atoms with Crippen LogP contribution in [0.25, 0.3) is 0 Å². The molecule has 2 N–H and O–H groups in total. The quantitative estimate of drug-likeness (QED) is 0.402. The van der Waals surface area contributed by atoms with Gasteiger partial charge < -0.3 is 15.3 Å². The van der Waals surface area contributed by atoms with Gasteiger partial charge in [-0.2, -0.15) is 26.3 Å². The summed E-state index contributed by atoms with van der Waals surface area (Å²) in [5, 5.41) is 12.4. The Morgan fingerprint density at radius 3 is 2.05 bits per heavy atom. The number of aryl methyl sites for hydroxylation is 1. The van der Waals surface area contributed by atoms with Gasteiger partial charge in [-0.15, -0.1) is 0 Å². The van der Waals surface area contributed by atoms with Gasteiger partial charge in [-0.3, -0.25) is 14.5 Å². The Morgan fingerprint density at radius 2 is 1.57 bits per heavy atom. The first-order valence-electron chi connectivity index (χ1n) is 13.0. The second kappa shape index (κ2) is 10.5. The monoisotopic (exact) mass is 603 g/mol. The van der Waals surface area contributed by atoms with Gasteiger partial charge in [-0.1, -0.05) is 0 Å². The average molecular weight is 604 g/mol. The van der Waals surface area contributed by atoms with E-state index in [1.165, 1.54) is 6.07 Å². The van der Waals surface area contributed by atoms with E-state index >= 15 is 0 Å². The summed E-state index contributed by atoms with van der Waals surface area (Å²) in [5.74, 6) is -2.29. The van der Waals surface area contributed by atoms with E-state index in [-0.39, 0.29) is 43.0 Å². The van der Waals surface area contributed by atoms with Gasteiger partial charge in [0.1, 0.15) is 17.4 Å². The lowest BCUT2D eigenvalue weighted by Crippen LogP contribution is -2.61. The number of hydrogen-bond donors (Lipinski definition) is 2. The molecule has 1 atom stereocenters. The highest BCUT2D eigenvalue weighted by Gasteiger charge is 2.60. The predicted molar refractivity (Wildman–Crippen MR) is 136 cm³/mol. The maximum Gasteiger partial charge on any atom is 0.416 e. The first-order chi connectivity index (χ1) is 19.2. The Balaban J connectivity index is 1.72. The predicted octanol–water partition coefficient (Wildman–Crippen LogP) is 6.14. The fourth-order valence-corrected chi connectivity index (χ4v) is 5.41. The number of fused-ring (bicyclic) bond motifs is 1. The number of carboxylic acid groups (broad SMARTS) is 1. The van der Waals surface area contributed by atoms with Crippen LogP contribution in [0.2, 0.25) is 0 Å². The Morgan fingerprint density at radius 1 is 1.00 bits per heavy atom. The molecule has 0 bridgehead atoms. The number of carbonyl (C=O) groups excluding carboxylic acids is 2. The normalized spacial score (nSPS) is 18.7. The van der Waals surface area contributed by atoms with Gasteiger partial charge in [-0.25, -0.2) is 9.18 Å². The summed E-state index contributed by atoms with van der Waals surface area (Å²) in [7, 11) is 0. The molecule has 228 valence electrons. The molecule has 42 heavy (non-hydrogen) atoms. The molecule has 0 radical (unpaired) electrons. The van der Waals surface area contributed by atoms with Gasteiger partial charge in [0.15, 0.2) is 0 Å². The van der Waals surface area contributed by atoms with Crippen molar-refractivity contribution in [2.45, 2.75) is 82.5 Å². The molecule has 0 saturated heterocycles. The number of rotatable bonds is 5. The molecule has 0 aromatic heterocycles. The number of nitrogens with one attached hydrogen (secondary N) is 1. The maximum atomic E-state index is 14.1. The molecule has 7 nitrogen and oxygen atoms in total. The van der Waals surface area contributed by atoms with Crippen molar-refractivity contribution in [2.24, 2.45) is 0 Å².